The predicted octanol–water partition coefficient (Wildman–Crippen LogP) is 3.94. The maximum absolute atomic E-state index is 13.8. The van der Waals surface area contributed by atoms with Gasteiger partial charge in [-0.3, -0.25) is 9.59 Å². The van der Waals surface area contributed by atoms with E-state index in [-0.39, 0.29) is 42.2 Å². The fourth-order valence-electron chi connectivity index (χ4n) is 5.35. The molecule has 8 heteroatoms. The van der Waals surface area contributed by atoms with Crippen molar-refractivity contribution >= 4 is 11.8 Å². The second-order valence-electron chi connectivity index (χ2n) is 11.9. The van der Waals surface area contributed by atoms with Crippen LogP contribution in [0.2, 0.25) is 0 Å². The molecule has 0 fully saturated rings. The van der Waals surface area contributed by atoms with Crippen molar-refractivity contribution in [2.45, 2.75) is 71.6 Å². The highest BCUT2D eigenvalue weighted by atomic mass is 19.1. The van der Waals surface area contributed by atoms with Gasteiger partial charge in [-0.1, -0.05) is 39.0 Å². The van der Waals surface area contributed by atoms with Gasteiger partial charge in [-0.15, -0.1) is 0 Å². The molecule has 6 nitrogen and oxygen atoms in total. The number of aryl methyl sites for hydroxylation is 1. The van der Waals surface area contributed by atoms with Crippen LogP contribution in [-0.4, -0.2) is 54.6 Å². The van der Waals surface area contributed by atoms with Crippen molar-refractivity contribution in [3.05, 3.63) is 70.3 Å². The van der Waals surface area contributed by atoms with Crippen molar-refractivity contribution < 1.29 is 23.5 Å². The zero-order valence-corrected chi connectivity index (χ0v) is 23.3. The number of halogens is 2. The lowest BCUT2D eigenvalue weighted by Gasteiger charge is -2.36. The predicted molar refractivity (Wildman–Crippen MR) is 145 cm³/mol. The Kier molecular flexibility index (Phi) is 9.65. The first-order chi connectivity index (χ1) is 17.7. The molecule has 1 aliphatic carbocycles. The second kappa shape index (κ2) is 12.3. The van der Waals surface area contributed by atoms with Crippen LogP contribution < -0.4 is 10.6 Å². The SMILES string of the molecule is CC(=O)NC(Cc1cc(F)cc(F)c1)C(O)CNC1c2cc(CC(C)(C)C)ccc2CCC1C(=O)N(C)C. The molecule has 3 rings (SSSR count). The molecule has 2 aromatic carbocycles. The molecule has 0 aromatic heterocycles. The van der Waals surface area contributed by atoms with Crippen molar-refractivity contribution in [3.8, 4) is 0 Å². The number of hydrogen-bond acceptors (Lipinski definition) is 4. The highest BCUT2D eigenvalue weighted by Crippen LogP contribution is 2.37. The van der Waals surface area contributed by atoms with E-state index >= 15 is 0 Å². The molecular weight excluding hydrogens is 488 g/mol. The summed E-state index contributed by atoms with van der Waals surface area (Å²) in [5.41, 5.74) is 3.84. The Balaban J connectivity index is 1.87. The molecule has 0 spiro atoms. The molecule has 2 aromatic rings. The maximum atomic E-state index is 13.8. The van der Waals surface area contributed by atoms with Crippen LogP contribution in [0.3, 0.4) is 0 Å². The van der Waals surface area contributed by atoms with E-state index in [0.29, 0.717) is 12.0 Å². The lowest BCUT2D eigenvalue weighted by molar-refractivity contribution is -0.134. The van der Waals surface area contributed by atoms with Crippen LogP contribution in [0.15, 0.2) is 36.4 Å². The zero-order chi connectivity index (χ0) is 28.2. The second-order valence-corrected chi connectivity index (χ2v) is 11.9. The number of aliphatic hydroxyl groups is 1. The Morgan fingerprint density at radius 3 is 2.32 bits per heavy atom. The summed E-state index contributed by atoms with van der Waals surface area (Å²) in [5.74, 6) is -2.10. The maximum Gasteiger partial charge on any atom is 0.227 e. The monoisotopic (exact) mass is 529 g/mol. The summed E-state index contributed by atoms with van der Waals surface area (Å²) in [6.45, 7) is 7.96. The smallest absolute Gasteiger partial charge is 0.227 e. The van der Waals surface area contributed by atoms with Gasteiger partial charge in [0.2, 0.25) is 11.8 Å². The number of fused-ring (bicyclic) bond motifs is 1. The van der Waals surface area contributed by atoms with E-state index < -0.39 is 23.8 Å². The number of amides is 2. The molecule has 0 bridgehead atoms. The summed E-state index contributed by atoms with van der Waals surface area (Å²) >= 11 is 0. The van der Waals surface area contributed by atoms with E-state index in [4.69, 9.17) is 0 Å². The lowest BCUT2D eigenvalue weighted by atomic mass is 9.77. The summed E-state index contributed by atoms with van der Waals surface area (Å²) in [6, 6.07) is 8.51. The summed E-state index contributed by atoms with van der Waals surface area (Å²) < 4.78 is 27.5. The van der Waals surface area contributed by atoms with Gasteiger partial charge in [0.15, 0.2) is 0 Å². The largest absolute Gasteiger partial charge is 0.390 e. The van der Waals surface area contributed by atoms with Gasteiger partial charge in [-0.05, 0) is 65.5 Å². The molecule has 0 saturated heterocycles. The third-order valence-corrected chi connectivity index (χ3v) is 6.94. The van der Waals surface area contributed by atoms with Crippen LogP contribution in [0.25, 0.3) is 0 Å². The van der Waals surface area contributed by atoms with Crippen molar-refractivity contribution in [3.63, 3.8) is 0 Å². The summed E-state index contributed by atoms with van der Waals surface area (Å²) in [7, 11) is 3.48. The molecule has 1 aliphatic rings. The first-order valence-electron chi connectivity index (χ1n) is 13.2. The number of nitrogens with one attached hydrogen (secondary N) is 2. The summed E-state index contributed by atoms with van der Waals surface area (Å²) in [4.78, 5) is 26.6. The van der Waals surface area contributed by atoms with E-state index in [0.717, 1.165) is 24.5 Å². The van der Waals surface area contributed by atoms with Gasteiger partial charge in [0.05, 0.1) is 18.1 Å². The van der Waals surface area contributed by atoms with Gasteiger partial charge < -0.3 is 20.6 Å². The van der Waals surface area contributed by atoms with E-state index in [2.05, 4.69) is 49.6 Å². The first-order valence-corrected chi connectivity index (χ1v) is 13.2. The third kappa shape index (κ3) is 8.08. The minimum atomic E-state index is -1.07. The number of rotatable bonds is 9. The lowest BCUT2D eigenvalue weighted by Crippen LogP contribution is -2.50. The van der Waals surface area contributed by atoms with Gasteiger partial charge in [0.25, 0.3) is 0 Å². The van der Waals surface area contributed by atoms with E-state index in [1.807, 2.05) is 0 Å². The Hall–Kier alpha value is -2.84. The van der Waals surface area contributed by atoms with E-state index in [9.17, 15) is 23.5 Å². The number of carbonyl (C=O) groups is 2. The Morgan fingerprint density at radius 1 is 1.08 bits per heavy atom. The van der Waals surface area contributed by atoms with Gasteiger partial charge in [-0.25, -0.2) is 8.78 Å². The summed E-state index contributed by atoms with van der Waals surface area (Å²) in [5, 5.41) is 17.2. The number of carbonyl (C=O) groups excluding carboxylic acids is 2. The third-order valence-electron chi connectivity index (χ3n) is 6.94. The fourth-order valence-corrected chi connectivity index (χ4v) is 5.35. The molecule has 0 aliphatic heterocycles. The molecule has 0 saturated carbocycles. The number of aliphatic hydroxyl groups excluding tert-OH is 1. The molecule has 3 N–H and O–H groups in total. The van der Waals surface area contributed by atoms with Gasteiger partial charge >= 0.3 is 0 Å². The Bertz CT molecular complexity index is 1130. The molecule has 2 amide bonds. The average Bonchev–Trinajstić information content (AvgIpc) is 2.79. The molecule has 0 radical (unpaired) electrons. The van der Waals surface area contributed by atoms with Crippen molar-refractivity contribution in [2.24, 2.45) is 11.3 Å². The van der Waals surface area contributed by atoms with Gasteiger partial charge in [0.1, 0.15) is 11.6 Å². The van der Waals surface area contributed by atoms with Crippen molar-refractivity contribution in [1.82, 2.24) is 15.5 Å². The Morgan fingerprint density at radius 2 is 1.74 bits per heavy atom. The van der Waals surface area contributed by atoms with Crippen LogP contribution in [0, 0.1) is 23.0 Å². The highest BCUT2D eigenvalue weighted by molar-refractivity contribution is 5.80. The van der Waals surface area contributed by atoms with Crippen molar-refractivity contribution in [1.29, 1.82) is 0 Å². The normalized spacial score (nSPS) is 18.9. The minimum Gasteiger partial charge on any atom is -0.390 e. The molecule has 4 unspecified atom stereocenters. The highest BCUT2D eigenvalue weighted by Gasteiger charge is 2.36. The topological polar surface area (TPSA) is 81.7 Å². The van der Waals surface area contributed by atoms with E-state index in [1.54, 1.807) is 19.0 Å². The standard InChI is InChI=1S/C30H41F2N3O3/c1-18(36)34-26(14-20-11-22(31)15-23(32)12-20)27(37)17-33-28-24(29(38)35(5)6)10-9-21-8-7-19(13-25(21)28)16-30(2,3)4/h7-8,11-13,15,24,26-28,33,37H,9-10,14,16-17H2,1-6H3,(H,34,36). The first kappa shape index (κ1) is 29.7. The van der Waals surface area contributed by atoms with E-state index in [1.165, 1.54) is 30.2 Å². The van der Waals surface area contributed by atoms with Gasteiger partial charge in [0, 0.05) is 39.7 Å². The van der Waals surface area contributed by atoms with Crippen LogP contribution in [0.1, 0.15) is 62.4 Å². The molecular formula is C30H41F2N3O3. The number of hydrogen-bond donors (Lipinski definition) is 3. The minimum absolute atomic E-state index is 0.0116. The van der Waals surface area contributed by atoms with Gasteiger partial charge in [-0.2, -0.15) is 0 Å². The summed E-state index contributed by atoms with van der Waals surface area (Å²) in [6.07, 6.45) is 1.33. The zero-order valence-electron chi connectivity index (χ0n) is 23.3. The van der Waals surface area contributed by atoms with Crippen LogP contribution in [0.4, 0.5) is 8.78 Å². The Labute approximate surface area is 224 Å². The fraction of sp³-hybridized carbons (Fsp3) is 0.533. The van der Waals surface area contributed by atoms with Crippen LogP contribution >= 0.6 is 0 Å². The van der Waals surface area contributed by atoms with Crippen LogP contribution in [0.5, 0.6) is 0 Å². The van der Waals surface area contributed by atoms with Crippen LogP contribution in [-0.2, 0) is 28.9 Å². The van der Waals surface area contributed by atoms with Crippen molar-refractivity contribution in [2.75, 3.05) is 20.6 Å². The molecule has 38 heavy (non-hydrogen) atoms. The quantitative estimate of drug-likeness (QED) is 0.460. The molecule has 0 heterocycles. The molecule has 4 atom stereocenters. The number of nitrogens with zero attached hydrogens (tertiary/aromatic N) is 1. The molecule has 208 valence electrons. The average molecular weight is 530 g/mol. The number of benzene rings is 2.